The number of nitrogens with zero attached hydrogens (tertiary/aromatic N) is 3. The minimum atomic E-state index is 0.382. The van der Waals surface area contributed by atoms with Gasteiger partial charge in [-0.05, 0) is 71.3 Å². The molecular weight excluding hydrogens is 707 g/mol. The van der Waals surface area contributed by atoms with E-state index in [1.807, 2.05) is 6.07 Å². The number of allylic oxidation sites excluding steroid dienone is 1. The smallest absolute Gasteiger partial charge is 0.161 e. The summed E-state index contributed by atoms with van der Waals surface area (Å²) in [5.41, 5.74) is 13.8. The van der Waals surface area contributed by atoms with Crippen LogP contribution in [0, 0.1) is 11.8 Å². The molecule has 0 radical (unpaired) electrons. The summed E-state index contributed by atoms with van der Waals surface area (Å²) in [4.78, 5) is 5.47. The van der Waals surface area contributed by atoms with Crippen LogP contribution in [0.4, 0.5) is 5.69 Å². The molecule has 0 amide bonds. The summed E-state index contributed by atoms with van der Waals surface area (Å²) in [7, 11) is 0. The zero-order valence-corrected chi connectivity index (χ0v) is 31.4. The van der Waals surface area contributed by atoms with Crippen LogP contribution in [0.25, 0.3) is 92.9 Å². The van der Waals surface area contributed by atoms with Crippen LogP contribution < -0.4 is 0 Å². The van der Waals surface area contributed by atoms with E-state index in [9.17, 15) is 0 Å². The van der Waals surface area contributed by atoms with Crippen molar-refractivity contribution in [2.45, 2.75) is 6.42 Å². The van der Waals surface area contributed by atoms with Crippen molar-refractivity contribution in [1.82, 2.24) is 8.97 Å². The second-order valence-corrected chi connectivity index (χ2v) is 16.2. The van der Waals surface area contributed by atoms with E-state index in [4.69, 9.17) is 9.41 Å². The summed E-state index contributed by atoms with van der Waals surface area (Å²) in [5.74, 6) is 1.63. The van der Waals surface area contributed by atoms with E-state index in [-0.39, 0.29) is 0 Å². The molecule has 0 saturated heterocycles. The Bertz CT molecular complexity index is 3760. The summed E-state index contributed by atoms with van der Waals surface area (Å²) < 4.78 is 11.8. The predicted molar refractivity (Wildman–Crippen MR) is 240 cm³/mol. The lowest BCUT2D eigenvalue weighted by atomic mass is 9.96. The Morgan fingerprint density at radius 3 is 2.05 bits per heavy atom. The Morgan fingerprint density at radius 1 is 0.517 bits per heavy atom. The number of furan rings is 1. The first-order chi connectivity index (χ1) is 28.8. The maximum atomic E-state index is 6.76. The van der Waals surface area contributed by atoms with Crippen LogP contribution in [0.15, 0.2) is 185 Å². The second-order valence-electron chi connectivity index (χ2n) is 16.2. The van der Waals surface area contributed by atoms with Crippen LogP contribution in [0.5, 0.6) is 0 Å². The molecule has 1 saturated carbocycles. The van der Waals surface area contributed by atoms with E-state index in [1.54, 1.807) is 0 Å². The fraction of sp³-hybridized carbons (Fsp3) is 0.0556. The molecule has 1 aliphatic carbocycles. The highest BCUT2D eigenvalue weighted by molar-refractivity contribution is 6.35. The Balaban J connectivity index is 1.04. The normalized spacial score (nSPS) is 16.8. The van der Waals surface area contributed by atoms with Gasteiger partial charge < -0.3 is 13.4 Å². The van der Waals surface area contributed by atoms with E-state index in [0.717, 1.165) is 51.4 Å². The Hall–Kier alpha value is -7.43. The molecule has 2 atom stereocenters. The van der Waals surface area contributed by atoms with Crippen molar-refractivity contribution in [2.75, 3.05) is 0 Å². The zero-order chi connectivity index (χ0) is 37.6. The number of fused-ring (bicyclic) bond motifs is 16. The number of aliphatic imine (C=N–C) groups is 1. The molecule has 12 aromatic rings. The lowest BCUT2D eigenvalue weighted by molar-refractivity contribution is 0.600. The largest absolute Gasteiger partial charge is 0.454 e. The van der Waals surface area contributed by atoms with E-state index >= 15 is 0 Å². The molecule has 2 aliphatic rings. The molecule has 0 bridgehead atoms. The van der Waals surface area contributed by atoms with Gasteiger partial charge in [0, 0.05) is 60.3 Å². The van der Waals surface area contributed by atoms with Gasteiger partial charge in [-0.2, -0.15) is 0 Å². The fourth-order valence-electron chi connectivity index (χ4n) is 10.5. The minimum absolute atomic E-state index is 0.382. The van der Waals surface area contributed by atoms with E-state index in [2.05, 4.69) is 179 Å². The molecule has 1 aliphatic heterocycles. The third-order valence-corrected chi connectivity index (χ3v) is 13.1. The van der Waals surface area contributed by atoms with Crippen molar-refractivity contribution in [1.29, 1.82) is 0 Å². The standard InChI is InChI=1S/C54H33N3O/c1-2-13-33(14-3-1)49-41-28-34(41)29-42(54-50(55-49)40-18-8-11-21-47(40)58-54)32-22-25-35(26-23-32)56-51-36-15-5-4-12-31(36)24-27-38(51)44-30-43-37-16-6-9-19-45(37)57-46-20-10-7-17-39(46)48(52(44)56)53(43)57/h1-27,29-30,34,41H,28H2. The van der Waals surface area contributed by atoms with Gasteiger partial charge in [0.25, 0.3) is 0 Å². The maximum absolute atomic E-state index is 6.76. The summed E-state index contributed by atoms with van der Waals surface area (Å²) in [6.45, 7) is 0. The van der Waals surface area contributed by atoms with Gasteiger partial charge in [0.15, 0.2) is 5.76 Å². The monoisotopic (exact) mass is 739 g/mol. The number of rotatable bonds is 3. The molecule has 8 aromatic carbocycles. The highest BCUT2D eigenvalue weighted by Crippen LogP contribution is 2.52. The van der Waals surface area contributed by atoms with Crippen LogP contribution >= 0.6 is 0 Å². The lowest BCUT2D eigenvalue weighted by Gasteiger charge is -2.14. The van der Waals surface area contributed by atoms with Crippen molar-refractivity contribution in [3.63, 3.8) is 0 Å². The van der Waals surface area contributed by atoms with Gasteiger partial charge in [-0.25, -0.2) is 4.99 Å². The topological polar surface area (TPSA) is 34.8 Å². The fourth-order valence-corrected chi connectivity index (χ4v) is 10.5. The van der Waals surface area contributed by atoms with Crippen molar-refractivity contribution in [3.8, 4) is 5.69 Å². The first-order valence-electron chi connectivity index (χ1n) is 20.3. The zero-order valence-electron chi connectivity index (χ0n) is 31.4. The van der Waals surface area contributed by atoms with Gasteiger partial charge in [0.1, 0.15) is 11.3 Å². The number of aromatic nitrogens is 2. The molecule has 2 unspecified atom stereocenters. The molecule has 1 fully saturated rings. The molecule has 5 heterocycles. The van der Waals surface area contributed by atoms with Gasteiger partial charge in [-0.3, -0.25) is 0 Å². The van der Waals surface area contributed by atoms with Crippen LogP contribution in [-0.4, -0.2) is 14.7 Å². The average Bonchev–Trinajstić information content (AvgIpc) is 3.52. The van der Waals surface area contributed by atoms with Gasteiger partial charge >= 0.3 is 0 Å². The van der Waals surface area contributed by atoms with Crippen LogP contribution in [0.1, 0.15) is 23.3 Å². The third-order valence-electron chi connectivity index (χ3n) is 13.1. The van der Waals surface area contributed by atoms with Crippen LogP contribution in [0.3, 0.4) is 0 Å². The molecule has 58 heavy (non-hydrogen) atoms. The predicted octanol–water partition coefficient (Wildman–Crippen LogP) is 14.0. The van der Waals surface area contributed by atoms with Crippen molar-refractivity contribution >= 4 is 98.6 Å². The molecule has 0 spiro atoms. The van der Waals surface area contributed by atoms with E-state index < -0.39 is 0 Å². The summed E-state index contributed by atoms with van der Waals surface area (Å²) in [6, 6.07) is 61.9. The maximum Gasteiger partial charge on any atom is 0.161 e. The molecule has 14 rings (SSSR count). The number of hydrogen-bond acceptors (Lipinski definition) is 2. The van der Waals surface area contributed by atoms with Gasteiger partial charge in [-0.15, -0.1) is 0 Å². The highest BCUT2D eigenvalue weighted by Gasteiger charge is 2.42. The Morgan fingerprint density at radius 2 is 1.21 bits per heavy atom. The summed E-state index contributed by atoms with van der Waals surface area (Å²) in [5, 5.41) is 11.2. The molecule has 4 heteroatoms. The average molecular weight is 740 g/mol. The van der Waals surface area contributed by atoms with Crippen LogP contribution in [0.2, 0.25) is 0 Å². The van der Waals surface area contributed by atoms with Crippen LogP contribution in [-0.2, 0) is 0 Å². The molecule has 270 valence electrons. The highest BCUT2D eigenvalue weighted by atomic mass is 16.3. The minimum Gasteiger partial charge on any atom is -0.454 e. The first-order valence-corrected chi connectivity index (χ1v) is 20.3. The summed E-state index contributed by atoms with van der Waals surface area (Å²) in [6.07, 6.45) is 3.54. The SMILES string of the molecule is C1=C(c2ccc(-n3c4c5ccccc5ccc4c4cc5c6ccccc6n6c7ccccc7c(c43)c56)cc2)c2oc3ccccc3c2N=C(c2ccccc2)C2CC12. The Kier molecular flexibility index (Phi) is 5.89. The summed E-state index contributed by atoms with van der Waals surface area (Å²) >= 11 is 0. The van der Waals surface area contributed by atoms with Crippen molar-refractivity contribution in [2.24, 2.45) is 16.8 Å². The van der Waals surface area contributed by atoms with Crippen molar-refractivity contribution in [3.05, 3.63) is 193 Å². The number of hydrogen-bond donors (Lipinski definition) is 0. The van der Waals surface area contributed by atoms with Gasteiger partial charge in [0.05, 0.1) is 33.3 Å². The first kappa shape index (κ1) is 30.7. The van der Waals surface area contributed by atoms with Gasteiger partial charge in [-0.1, -0.05) is 133 Å². The van der Waals surface area contributed by atoms with Gasteiger partial charge in [0.2, 0.25) is 0 Å². The second kappa shape index (κ2) is 11.1. The molecule has 4 aromatic heterocycles. The van der Waals surface area contributed by atoms with E-state index in [1.165, 1.54) is 76.2 Å². The molecular formula is C54H33N3O. The third kappa shape index (κ3) is 4.01. The molecule has 0 N–H and O–H groups in total. The quantitative estimate of drug-likeness (QED) is 0.178. The van der Waals surface area contributed by atoms with E-state index in [0.29, 0.717) is 11.8 Å². The number of para-hydroxylation sites is 3. The number of benzene rings is 8. The molecule has 4 nitrogen and oxygen atoms in total. The van der Waals surface area contributed by atoms with Crippen molar-refractivity contribution < 1.29 is 4.42 Å². The lowest BCUT2D eigenvalue weighted by Crippen LogP contribution is -2.06. The Labute approximate surface area is 332 Å².